The van der Waals surface area contributed by atoms with Gasteiger partial charge in [0.25, 0.3) is 0 Å². The molecule has 0 atom stereocenters. The zero-order valence-corrected chi connectivity index (χ0v) is 7.46. The van der Waals surface area contributed by atoms with Gasteiger partial charge in [0.2, 0.25) is 0 Å². The largest absolute Gasteiger partial charge is 0.392 e. The van der Waals surface area contributed by atoms with Crippen LogP contribution in [0.15, 0.2) is 24.3 Å². The zero-order valence-electron chi connectivity index (χ0n) is 7.46. The average Bonchev–Trinajstić information content (AvgIpc) is 2.10. The highest BCUT2D eigenvalue weighted by molar-refractivity contribution is 5.20. The molecule has 1 rings (SSSR count). The first-order chi connectivity index (χ1) is 5.33. The topological polar surface area (TPSA) is 20.2 Å². The lowest BCUT2D eigenvalue weighted by Crippen LogP contribution is -1.80. The Balaban J connectivity index is 0. The summed E-state index contributed by atoms with van der Waals surface area (Å²) >= 11 is 0. The summed E-state index contributed by atoms with van der Waals surface area (Å²) in [4.78, 5) is 0. The Hall–Kier alpha value is -0.820. The van der Waals surface area contributed by atoms with E-state index in [1.165, 1.54) is 5.56 Å². The first-order valence-electron chi connectivity index (χ1n) is 3.99. The van der Waals surface area contributed by atoms with E-state index in [4.69, 9.17) is 5.11 Å². The molecular weight excluding hydrogens is 148 g/mol. The van der Waals surface area contributed by atoms with Gasteiger partial charge < -0.3 is 5.11 Å². The van der Waals surface area contributed by atoms with Crippen LogP contribution >= 0.6 is 0 Å². The van der Waals surface area contributed by atoms with Gasteiger partial charge in [0.1, 0.15) is 0 Å². The van der Waals surface area contributed by atoms with Crippen LogP contribution in [0.4, 0.5) is 0 Å². The molecule has 0 aliphatic heterocycles. The van der Waals surface area contributed by atoms with Crippen molar-refractivity contribution >= 4 is 0 Å². The van der Waals surface area contributed by atoms with Gasteiger partial charge in [0, 0.05) is 0 Å². The molecule has 1 aromatic rings. The Bertz CT molecular complexity index is 177. The van der Waals surface area contributed by atoms with Gasteiger partial charge in [-0.2, -0.15) is 0 Å². The number of benzene rings is 1. The van der Waals surface area contributed by atoms with E-state index >= 15 is 0 Å². The third-order valence-corrected chi connectivity index (χ3v) is 1.30. The second-order valence-corrected chi connectivity index (χ2v) is 2.14. The molecular formula is C11H20O. The highest BCUT2D eigenvalue weighted by Gasteiger charge is 1.85. The minimum absolute atomic E-state index is 0. The number of aliphatic hydroxyl groups is 1. The van der Waals surface area contributed by atoms with Gasteiger partial charge in [0.05, 0.1) is 6.61 Å². The van der Waals surface area contributed by atoms with Crippen LogP contribution in [0.25, 0.3) is 0 Å². The lowest BCUT2D eigenvalue weighted by molar-refractivity contribution is 0.282. The van der Waals surface area contributed by atoms with Crippen molar-refractivity contribution in [3.05, 3.63) is 35.4 Å². The van der Waals surface area contributed by atoms with E-state index in [0.717, 1.165) is 5.56 Å². The molecule has 0 radical (unpaired) electrons. The first kappa shape index (κ1) is 13.7. The van der Waals surface area contributed by atoms with Crippen LogP contribution in [0.2, 0.25) is 0 Å². The van der Waals surface area contributed by atoms with Gasteiger partial charge in [-0.1, -0.05) is 51.1 Å². The van der Waals surface area contributed by atoms with Crippen molar-refractivity contribution in [1.82, 2.24) is 0 Å². The molecule has 12 heavy (non-hydrogen) atoms. The highest BCUT2D eigenvalue weighted by Crippen LogP contribution is 2.01. The third-order valence-electron chi connectivity index (χ3n) is 1.30. The number of hydrogen-bond donors (Lipinski definition) is 1. The summed E-state index contributed by atoms with van der Waals surface area (Å²) in [6.07, 6.45) is 0. The summed E-state index contributed by atoms with van der Waals surface area (Å²) in [5.41, 5.74) is 2.20. The second-order valence-electron chi connectivity index (χ2n) is 2.14. The van der Waals surface area contributed by atoms with Gasteiger partial charge in [-0.25, -0.2) is 0 Å². The second kappa shape index (κ2) is 8.28. The maximum absolute atomic E-state index is 8.63. The molecule has 0 heterocycles. The molecule has 0 aromatic heterocycles. The molecule has 0 bridgehead atoms. The molecule has 0 amide bonds. The van der Waals surface area contributed by atoms with Crippen LogP contribution in [-0.4, -0.2) is 5.11 Å². The smallest absolute Gasteiger partial charge is 0.0681 e. The lowest BCUT2D eigenvalue weighted by atomic mass is 10.2. The van der Waals surface area contributed by atoms with Gasteiger partial charge in [-0.15, -0.1) is 0 Å². The van der Waals surface area contributed by atoms with E-state index in [9.17, 15) is 0 Å². The van der Waals surface area contributed by atoms with Gasteiger partial charge >= 0.3 is 0 Å². The number of hydrogen-bond acceptors (Lipinski definition) is 1. The lowest BCUT2D eigenvalue weighted by Gasteiger charge is -1.93. The van der Waals surface area contributed by atoms with Crippen molar-refractivity contribution in [2.75, 3.05) is 0 Å². The Kier molecular flexibility index (Phi) is 9.48. The van der Waals surface area contributed by atoms with Crippen molar-refractivity contribution in [1.29, 1.82) is 0 Å². The van der Waals surface area contributed by atoms with Crippen molar-refractivity contribution in [3.8, 4) is 0 Å². The summed E-state index contributed by atoms with van der Waals surface area (Å²) < 4.78 is 0. The Morgan fingerprint density at radius 2 is 1.50 bits per heavy atom. The fourth-order valence-corrected chi connectivity index (χ4v) is 0.693. The molecule has 1 heteroatoms. The van der Waals surface area contributed by atoms with E-state index in [-0.39, 0.29) is 14.0 Å². The van der Waals surface area contributed by atoms with Crippen LogP contribution in [0, 0.1) is 6.92 Å². The summed E-state index contributed by atoms with van der Waals surface area (Å²) in [6.45, 7) is 6.17. The van der Waals surface area contributed by atoms with E-state index in [1.807, 2.05) is 45.0 Å². The molecule has 0 saturated heterocycles. The molecule has 1 nitrogen and oxygen atoms in total. The molecule has 1 aromatic carbocycles. The molecule has 70 valence electrons. The molecule has 0 fully saturated rings. The van der Waals surface area contributed by atoms with Crippen LogP contribution < -0.4 is 0 Å². The fraction of sp³-hybridized carbons (Fsp3) is 0.455. The SMILES string of the molecule is C.CC.Cc1ccc(CO)cc1. The van der Waals surface area contributed by atoms with Crippen molar-refractivity contribution < 1.29 is 5.11 Å². The minimum atomic E-state index is 0. The van der Waals surface area contributed by atoms with Crippen molar-refractivity contribution in [2.24, 2.45) is 0 Å². The van der Waals surface area contributed by atoms with Crippen LogP contribution in [0.3, 0.4) is 0 Å². The monoisotopic (exact) mass is 168 g/mol. The number of aryl methyl sites for hydroxylation is 1. The fourth-order valence-electron chi connectivity index (χ4n) is 0.693. The average molecular weight is 168 g/mol. The van der Waals surface area contributed by atoms with E-state index in [1.54, 1.807) is 0 Å². The summed E-state index contributed by atoms with van der Waals surface area (Å²) in [6, 6.07) is 7.84. The number of aliphatic hydroxyl groups excluding tert-OH is 1. The van der Waals surface area contributed by atoms with E-state index in [0.29, 0.717) is 0 Å². The molecule has 0 aliphatic rings. The third kappa shape index (κ3) is 4.91. The molecule has 0 aliphatic carbocycles. The van der Waals surface area contributed by atoms with Crippen LogP contribution in [-0.2, 0) is 6.61 Å². The standard InChI is InChI=1S/C8H10O.C2H6.CH4/c1-7-2-4-8(6-9)5-3-7;1-2;/h2-5,9H,6H2,1H3;1-2H3;1H4. The van der Waals surface area contributed by atoms with Crippen molar-refractivity contribution in [2.45, 2.75) is 34.8 Å². The van der Waals surface area contributed by atoms with Crippen LogP contribution in [0.5, 0.6) is 0 Å². The van der Waals surface area contributed by atoms with Gasteiger partial charge in [-0.05, 0) is 12.5 Å². The molecule has 1 N–H and O–H groups in total. The van der Waals surface area contributed by atoms with Crippen molar-refractivity contribution in [3.63, 3.8) is 0 Å². The van der Waals surface area contributed by atoms with Crippen LogP contribution in [0.1, 0.15) is 32.4 Å². The maximum atomic E-state index is 8.63. The Morgan fingerprint density at radius 1 is 1.08 bits per heavy atom. The van der Waals surface area contributed by atoms with Gasteiger partial charge in [-0.3, -0.25) is 0 Å². The normalized spacial score (nSPS) is 7.67. The predicted octanol–water partition coefficient (Wildman–Crippen LogP) is 3.15. The highest BCUT2D eigenvalue weighted by atomic mass is 16.3. The summed E-state index contributed by atoms with van der Waals surface area (Å²) in [5.74, 6) is 0. The molecule has 0 spiro atoms. The van der Waals surface area contributed by atoms with E-state index in [2.05, 4.69) is 0 Å². The molecule has 0 saturated carbocycles. The Morgan fingerprint density at radius 3 is 1.83 bits per heavy atom. The first-order valence-corrected chi connectivity index (χ1v) is 3.99. The maximum Gasteiger partial charge on any atom is 0.0681 e. The quantitative estimate of drug-likeness (QED) is 0.683. The summed E-state index contributed by atoms with van der Waals surface area (Å²) in [7, 11) is 0. The number of rotatable bonds is 1. The van der Waals surface area contributed by atoms with Gasteiger partial charge in [0.15, 0.2) is 0 Å². The minimum Gasteiger partial charge on any atom is -0.392 e. The Labute approximate surface area is 76.1 Å². The van der Waals surface area contributed by atoms with E-state index < -0.39 is 0 Å². The predicted molar refractivity (Wildman–Crippen MR) is 55.2 cm³/mol. The zero-order chi connectivity index (χ0) is 8.69. The molecule has 0 unspecified atom stereocenters. The summed E-state index contributed by atoms with van der Waals surface area (Å²) in [5, 5.41) is 8.63.